The van der Waals surface area contributed by atoms with Crippen LogP contribution in [-0.4, -0.2) is 53.6 Å². The third kappa shape index (κ3) is 3.97. The fraction of sp³-hybridized carbons (Fsp3) is 0.368. The molecule has 1 aliphatic rings. The Morgan fingerprint density at radius 2 is 1.92 bits per heavy atom. The van der Waals surface area contributed by atoms with Gasteiger partial charge in [-0.15, -0.1) is 11.8 Å². The molecule has 5 heteroatoms. The molecule has 1 aromatic heterocycles. The van der Waals surface area contributed by atoms with Crippen molar-refractivity contribution in [3.05, 3.63) is 59.9 Å². The monoisotopic (exact) mass is 341 g/mol. The molecule has 0 bridgehead atoms. The Morgan fingerprint density at radius 1 is 1.17 bits per heavy atom. The number of rotatable bonds is 6. The number of carbonyl (C=O) groups excluding carboxylic acids is 1. The van der Waals surface area contributed by atoms with Crippen LogP contribution in [0, 0.1) is 0 Å². The fourth-order valence-electron chi connectivity index (χ4n) is 2.88. The number of hydrogen-bond acceptors (Lipinski definition) is 4. The SMILES string of the molecule is CN(C)CCN(Cc1ccncc1)C(=O)C1CSc2ccccc21. The fourth-order valence-corrected chi connectivity index (χ4v) is 4.10. The van der Waals surface area contributed by atoms with Crippen LogP contribution in [0.15, 0.2) is 53.7 Å². The zero-order valence-corrected chi connectivity index (χ0v) is 15.0. The standard InChI is InChI=1S/C19H23N3OS/c1-21(2)11-12-22(13-15-7-9-20-10-8-15)19(23)17-14-24-18-6-4-3-5-16(17)18/h3-10,17H,11-14H2,1-2H3. The molecule has 2 aromatic rings. The molecule has 0 radical (unpaired) electrons. The summed E-state index contributed by atoms with van der Waals surface area (Å²) in [6, 6.07) is 12.2. The molecule has 2 heterocycles. The van der Waals surface area contributed by atoms with Gasteiger partial charge in [0.1, 0.15) is 0 Å². The van der Waals surface area contributed by atoms with Gasteiger partial charge >= 0.3 is 0 Å². The highest BCUT2D eigenvalue weighted by molar-refractivity contribution is 7.99. The van der Waals surface area contributed by atoms with Crippen LogP contribution in [0.4, 0.5) is 0 Å². The van der Waals surface area contributed by atoms with Crippen LogP contribution in [0.5, 0.6) is 0 Å². The highest BCUT2D eigenvalue weighted by Gasteiger charge is 2.32. The molecule has 1 aromatic carbocycles. The number of benzene rings is 1. The normalized spacial score (nSPS) is 16.2. The lowest BCUT2D eigenvalue weighted by Gasteiger charge is -2.27. The predicted octanol–water partition coefficient (Wildman–Crippen LogP) is 2.86. The van der Waals surface area contributed by atoms with Gasteiger partial charge in [0.05, 0.1) is 5.92 Å². The Labute approximate surface area is 147 Å². The van der Waals surface area contributed by atoms with E-state index < -0.39 is 0 Å². The van der Waals surface area contributed by atoms with Crippen molar-refractivity contribution < 1.29 is 4.79 Å². The lowest BCUT2D eigenvalue weighted by Crippen LogP contribution is -2.39. The predicted molar refractivity (Wildman–Crippen MR) is 98.1 cm³/mol. The van der Waals surface area contributed by atoms with Gasteiger partial charge in [0, 0.05) is 42.7 Å². The van der Waals surface area contributed by atoms with Gasteiger partial charge in [-0.25, -0.2) is 0 Å². The minimum atomic E-state index is -0.0322. The number of amides is 1. The number of carbonyl (C=O) groups is 1. The average molecular weight is 341 g/mol. The highest BCUT2D eigenvalue weighted by atomic mass is 32.2. The zero-order valence-electron chi connectivity index (χ0n) is 14.2. The van der Waals surface area contributed by atoms with E-state index in [1.807, 2.05) is 43.3 Å². The van der Waals surface area contributed by atoms with Crippen LogP contribution in [0.3, 0.4) is 0 Å². The molecule has 126 valence electrons. The highest BCUT2D eigenvalue weighted by Crippen LogP contribution is 2.40. The van der Waals surface area contributed by atoms with E-state index in [1.165, 1.54) is 10.5 Å². The van der Waals surface area contributed by atoms with E-state index in [-0.39, 0.29) is 11.8 Å². The van der Waals surface area contributed by atoms with Crippen molar-refractivity contribution in [2.24, 2.45) is 0 Å². The van der Waals surface area contributed by atoms with Crippen LogP contribution in [0.1, 0.15) is 17.0 Å². The molecule has 24 heavy (non-hydrogen) atoms. The van der Waals surface area contributed by atoms with Gasteiger partial charge in [-0.2, -0.15) is 0 Å². The molecule has 1 amide bonds. The number of nitrogens with zero attached hydrogens (tertiary/aromatic N) is 3. The van der Waals surface area contributed by atoms with Crippen LogP contribution in [0.2, 0.25) is 0 Å². The van der Waals surface area contributed by atoms with Gasteiger partial charge in [-0.3, -0.25) is 9.78 Å². The van der Waals surface area contributed by atoms with Crippen molar-refractivity contribution in [2.45, 2.75) is 17.4 Å². The Morgan fingerprint density at radius 3 is 2.67 bits per heavy atom. The van der Waals surface area contributed by atoms with Crippen LogP contribution in [0.25, 0.3) is 0 Å². The van der Waals surface area contributed by atoms with E-state index >= 15 is 0 Å². The van der Waals surface area contributed by atoms with Gasteiger partial charge in [0.2, 0.25) is 5.91 Å². The molecule has 1 atom stereocenters. The summed E-state index contributed by atoms with van der Waals surface area (Å²) in [6.07, 6.45) is 3.56. The summed E-state index contributed by atoms with van der Waals surface area (Å²) in [5.41, 5.74) is 2.30. The van der Waals surface area contributed by atoms with Gasteiger partial charge in [-0.05, 0) is 43.4 Å². The van der Waals surface area contributed by atoms with E-state index in [9.17, 15) is 4.79 Å². The molecule has 0 saturated heterocycles. The average Bonchev–Trinajstić information content (AvgIpc) is 3.03. The van der Waals surface area contributed by atoms with Gasteiger partial charge in [0.25, 0.3) is 0 Å². The Balaban J connectivity index is 1.78. The molecule has 0 N–H and O–H groups in total. The van der Waals surface area contributed by atoms with Crippen LogP contribution >= 0.6 is 11.8 Å². The summed E-state index contributed by atoms with van der Waals surface area (Å²) in [7, 11) is 4.08. The van der Waals surface area contributed by atoms with Crippen molar-refractivity contribution in [2.75, 3.05) is 32.9 Å². The van der Waals surface area contributed by atoms with Crippen molar-refractivity contribution in [3.8, 4) is 0 Å². The van der Waals surface area contributed by atoms with E-state index in [2.05, 4.69) is 22.0 Å². The number of likely N-dealkylation sites (N-methyl/N-ethyl adjacent to an activating group) is 1. The van der Waals surface area contributed by atoms with Crippen LogP contribution < -0.4 is 0 Å². The third-order valence-corrected chi connectivity index (χ3v) is 5.43. The lowest BCUT2D eigenvalue weighted by atomic mass is 9.99. The summed E-state index contributed by atoms with van der Waals surface area (Å²) < 4.78 is 0. The van der Waals surface area contributed by atoms with E-state index in [4.69, 9.17) is 0 Å². The number of aromatic nitrogens is 1. The number of thioether (sulfide) groups is 1. The maximum atomic E-state index is 13.2. The molecular formula is C19H23N3OS. The topological polar surface area (TPSA) is 36.4 Å². The minimum absolute atomic E-state index is 0.0322. The lowest BCUT2D eigenvalue weighted by molar-refractivity contribution is -0.133. The molecule has 0 fully saturated rings. The van der Waals surface area contributed by atoms with E-state index in [0.29, 0.717) is 6.54 Å². The molecule has 1 aliphatic heterocycles. The molecule has 0 spiro atoms. The second kappa shape index (κ2) is 7.81. The largest absolute Gasteiger partial charge is 0.337 e. The Kier molecular flexibility index (Phi) is 5.53. The Hall–Kier alpha value is -1.85. The zero-order chi connectivity index (χ0) is 16.9. The van der Waals surface area contributed by atoms with Crippen molar-refractivity contribution in [1.29, 1.82) is 0 Å². The first-order valence-corrected chi connectivity index (χ1v) is 9.18. The van der Waals surface area contributed by atoms with Gasteiger partial charge in [0.15, 0.2) is 0 Å². The molecule has 0 aliphatic carbocycles. The summed E-state index contributed by atoms with van der Waals surface area (Å²) in [5, 5.41) is 0. The maximum Gasteiger partial charge on any atom is 0.231 e. The molecule has 4 nitrogen and oxygen atoms in total. The first-order chi connectivity index (χ1) is 11.6. The molecule has 0 saturated carbocycles. The number of hydrogen-bond donors (Lipinski definition) is 0. The second-order valence-electron chi connectivity index (χ2n) is 6.32. The van der Waals surface area contributed by atoms with E-state index in [1.54, 1.807) is 24.2 Å². The van der Waals surface area contributed by atoms with E-state index in [0.717, 1.165) is 24.4 Å². The summed E-state index contributed by atoms with van der Waals surface area (Å²) >= 11 is 1.78. The smallest absolute Gasteiger partial charge is 0.231 e. The molecule has 3 rings (SSSR count). The summed E-state index contributed by atoms with van der Waals surface area (Å²) in [4.78, 5) is 22.6. The number of fused-ring (bicyclic) bond motifs is 1. The van der Waals surface area contributed by atoms with Crippen molar-refractivity contribution in [1.82, 2.24) is 14.8 Å². The van der Waals surface area contributed by atoms with Gasteiger partial charge < -0.3 is 9.80 Å². The molecular weight excluding hydrogens is 318 g/mol. The van der Waals surface area contributed by atoms with Crippen LogP contribution in [-0.2, 0) is 11.3 Å². The number of pyridine rings is 1. The summed E-state index contributed by atoms with van der Waals surface area (Å²) in [5.74, 6) is 1.04. The summed E-state index contributed by atoms with van der Waals surface area (Å²) in [6.45, 7) is 2.23. The second-order valence-corrected chi connectivity index (χ2v) is 7.38. The molecule has 1 unspecified atom stereocenters. The quantitative estimate of drug-likeness (QED) is 0.809. The van der Waals surface area contributed by atoms with Gasteiger partial charge in [-0.1, -0.05) is 18.2 Å². The minimum Gasteiger partial charge on any atom is -0.337 e. The van der Waals surface area contributed by atoms with Crippen molar-refractivity contribution >= 4 is 17.7 Å². The first kappa shape index (κ1) is 17.0. The van der Waals surface area contributed by atoms with Crippen molar-refractivity contribution in [3.63, 3.8) is 0 Å². The first-order valence-electron chi connectivity index (χ1n) is 8.19. The third-order valence-electron chi connectivity index (χ3n) is 4.25. The Bertz CT molecular complexity index is 690. The maximum absolute atomic E-state index is 13.2.